The van der Waals surface area contributed by atoms with Crippen LogP contribution in [-0.4, -0.2) is 31.4 Å². The van der Waals surface area contributed by atoms with E-state index in [9.17, 15) is 4.79 Å². The first-order valence-corrected chi connectivity index (χ1v) is 9.85. The predicted octanol–water partition coefficient (Wildman–Crippen LogP) is 4.83. The second kappa shape index (κ2) is 8.61. The lowest BCUT2D eigenvalue weighted by Crippen LogP contribution is -2.35. The van der Waals surface area contributed by atoms with Crippen LogP contribution in [0.4, 0.5) is 0 Å². The smallest absolute Gasteiger partial charge is 0.224 e. The van der Waals surface area contributed by atoms with E-state index in [2.05, 4.69) is 55.3 Å². The second-order valence-electron chi connectivity index (χ2n) is 7.99. The monoisotopic (exact) mass is 378 g/mol. The molecule has 2 aromatic carbocycles. The van der Waals surface area contributed by atoms with Gasteiger partial charge in [0.15, 0.2) is 0 Å². The summed E-state index contributed by atoms with van der Waals surface area (Å²) in [5.41, 5.74) is 5.51. The third-order valence-electron chi connectivity index (χ3n) is 5.32. The van der Waals surface area contributed by atoms with Crippen molar-refractivity contribution < 1.29 is 9.21 Å². The number of aryl methyl sites for hydroxylation is 1. The van der Waals surface area contributed by atoms with Gasteiger partial charge in [0.2, 0.25) is 5.91 Å². The van der Waals surface area contributed by atoms with Crippen molar-refractivity contribution in [3.05, 3.63) is 71.0 Å². The van der Waals surface area contributed by atoms with Crippen LogP contribution in [0.15, 0.2) is 53.1 Å². The Labute approximate surface area is 167 Å². The van der Waals surface area contributed by atoms with Crippen LogP contribution in [0.1, 0.15) is 48.1 Å². The Balaban J connectivity index is 1.72. The van der Waals surface area contributed by atoms with Gasteiger partial charge in [0, 0.05) is 17.5 Å². The highest BCUT2D eigenvalue weighted by molar-refractivity contribution is 5.88. The number of amides is 1. The highest BCUT2D eigenvalue weighted by Gasteiger charge is 2.17. The largest absolute Gasteiger partial charge is 0.464 e. The number of likely N-dealkylation sites (N-methyl/N-ethyl adjacent to an activating group) is 1. The van der Waals surface area contributed by atoms with Crippen LogP contribution < -0.4 is 5.32 Å². The molecular formula is C24H30N2O2. The van der Waals surface area contributed by atoms with Gasteiger partial charge in [0.1, 0.15) is 5.58 Å². The summed E-state index contributed by atoms with van der Waals surface area (Å²) in [4.78, 5) is 14.8. The van der Waals surface area contributed by atoms with Gasteiger partial charge in [-0.15, -0.1) is 0 Å². The van der Waals surface area contributed by atoms with Gasteiger partial charge in [-0.3, -0.25) is 4.79 Å². The zero-order valence-electron chi connectivity index (χ0n) is 17.5. The minimum absolute atomic E-state index is 0.0113. The molecule has 4 nitrogen and oxygen atoms in total. The summed E-state index contributed by atoms with van der Waals surface area (Å²) < 4.78 is 5.71. The van der Waals surface area contributed by atoms with Gasteiger partial charge in [-0.1, -0.05) is 44.2 Å². The van der Waals surface area contributed by atoms with Gasteiger partial charge in [0.05, 0.1) is 18.7 Å². The quantitative estimate of drug-likeness (QED) is 0.641. The Kier molecular flexibility index (Phi) is 6.20. The molecule has 0 saturated carbocycles. The fraction of sp³-hybridized carbons (Fsp3) is 0.375. The minimum atomic E-state index is 0.0113. The fourth-order valence-corrected chi connectivity index (χ4v) is 3.72. The van der Waals surface area contributed by atoms with E-state index in [1.807, 2.05) is 32.3 Å². The summed E-state index contributed by atoms with van der Waals surface area (Å²) in [6.45, 7) is 7.05. The molecule has 1 atom stereocenters. The lowest BCUT2D eigenvalue weighted by Gasteiger charge is -2.25. The molecule has 1 N–H and O–H groups in total. The molecule has 3 rings (SSSR count). The Morgan fingerprint density at radius 1 is 1.14 bits per heavy atom. The number of furan rings is 1. The van der Waals surface area contributed by atoms with Crippen molar-refractivity contribution >= 4 is 16.9 Å². The first kappa shape index (κ1) is 20.2. The zero-order valence-corrected chi connectivity index (χ0v) is 17.5. The molecule has 0 bridgehead atoms. The maximum Gasteiger partial charge on any atom is 0.224 e. The Morgan fingerprint density at radius 2 is 1.86 bits per heavy atom. The molecule has 0 aliphatic heterocycles. The molecule has 1 amide bonds. The van der Waals surface area contributed by atoms with Crippen LogP contribution in [0.25, 0.3) is 11.0 Å². The highest BCUT2D eigenvalue weighted by Crippen LogP contribution is 2.29. The van der Waals surface area contributed by atoms with E-state index < -0.39 is 0 Å². The third-order valence-corrected chi connectivity index (χ3v) is 5.32. The van der Waals surface area contributed by atoms with Crippen molar-refractivity contribution in [3.8, 4) is 0 Å². The molecule has 0 spiro atoms. The van der Waals surface area contributed by atoms with Crippen molar-refractivity contribution in [2.45, 2.75) is 39.2 Å². The molecular weight excluding hydrogens is 348 g/mol. The van der Waals surface area contributed by atoms with Crippen molar-refractivity contribution in [3.63, 3.8) is 0 Å². The van der Waals surface area contributed by atoms with Crippen LogP contribution in [0.3, 0.4) is 0 Å². The maximum atomic E-state index is 12.6. The van der Waals surface area contributed by atoms with Gasteiger partial charge in [-0.05, 0) is 55.8 Å². The molecule has 3 aromatic rings. The molecule has 0 aliphatic carbocycles. The minimum Gasteiger partial charge on any atom is -0.464 e. The van der Waals surface area contributed by atoms with Gasteiger partial charge < -0.3 is 14.6 Å². The Bertz CT molecular complexity index is 942. The lowest BCUT2D eigenvalue weighted by atomic mass is 9.95. The van der Waals surface area contributed by atoms with Gasteiger partial charge in [0.25, 0.3) is 0 Å². The van der Waals surface area contributed by atoms with E-state index in [4.69, 9.17) is 4.42 Å². The third kappa shape index (κ3) is 4.45. The molecule has 1 aromatic heterocycles. The van der Waals surface area contributed by atoms with Crippen LogP contribution in [0, 0.1) is 6.92 Å². The molecule has 148 valence electrons. The Hall–Kier alpha value is -2.59. The number of rotatable bonds is 7. The number of hydrogen-bond acceptors (Lipinski definition) is 3. The molecule has 0 fully saturated rings. The number of benzene rings is 2. The predicted molar refractivity (Wildman–Crippen MR) is 115 cm³/mol. The molecule has 0 saturated heterocycles. The van der Waals surface area contributed by atoms with E-state index >= 15 is 0 Å². The average molecular weight is 379 g/mol. The van der Waals surface area contributed by atoms with Crippen molar-refractivity contribution in [1.82, 2.24) is 10.2 Å². The van der Waals surface area contributed by atoms with E-state index in [-0.39, 0.29) is 11.9 Å². The maximum absolute atomic E-state index is 12.6. The average Bonchev–Trinajstić information content (AvgIpc) is 3.03. The number of nitrogens with zero attached hydrogens (tertiary/aromatic N) is 1. The van der Waals surface area contributed by atoms with Crippen molar-refractivity contribution in [1.29, 1.82) is 0 Å². The lowest BCUT2D eigenvalue weighted by molar-refractivity contribution is -0.120. The fourth-order valence-electron chi connectivity index (χ4n) is 3.72. The van der Waals surface area contributed by atoms with E-state index in [0.29, 0.717) is 18.9 Å². The van der Waals surface area contributed by atoms with Crippen LogP contribution >= 0.6 is 0 Å². The summed E-state index contributed by atoms with van der Waals surface area (Å²) in [7, 11) is 4.06. The number of nitrogens with one attached hydrogen (secondary N) is 1. The molecule has 1 heterocycles. The van der Waals surface area contributed by atoms with Gasteiger partial charge in [-0.2, -0.15) is 0 Å². The standard InChI is InChI=1S/C24H30N2O2/c1-16(2)20-13-21-19(15-28-23(21)11-17(20)3)12-24(27)25-14-22(26(4)5)18-9-7-6-8-10-18/h6-11,13,15-16,22H,12,14H2,1-5H3,(H,25,27). The first-order valence-electron chi connectivity index (χ1n) is 9.85. The van der Waals surface area contributed by atoms with Gasteiger partial charge in [-0.25, -0.2) is 0 Å². The summed E-state index contributed by atoms with van der Waals surface area (Å²) in [5, 5.41) is 4.13. The topological polar surface area (TPSA) is 45.5 Å². The number of fused-ring (bicyclic) bond motifs is 1. The number of carbonyl (C=O) groups excluding carboxylic acids is 1. The summed E-state index contributed by atoms with van der Waals surface area (Å²) in [6.07, 6.45) is 2.04. The zero-order chi connectivity index (χ0) is 20.3. The van der Waals surface area contributed by atoms with Crippen LogP contribution in [0.5, 0.6) is 0 Å². The number of hydrogen-bond donors (Lipinski definition) is 1. The van der Waals surface area contributed by atoms with Gasteiger partial charge >= 0.3 is 0 Å². The van der Waals surface area contributed by atoms with E-state index in [0.717, 1.165) is 16.5 Å². The summed E-state index contributed by atoms with van der Waals surface area (Å²) >= 11 is 0. The van der Waals surface area contributed by atoms with Crippen LogP contribution in [-0.2, 0) is 11.2 Å². The van der Waals surface area contributed by atoms with Crippen molar-refractivity contribution in [2.75, 3.05) is 20.6 Å². The molecule has 0 aliphatic rings. The molecule has 1 unspecified atom stereocenters. The molecule has 28 heavy (non-hydrogen) atoms. The summed E-state index contributed by atoms with van der Waals surface area (Å²) in [6, 6.07) is 14.6. The van der Waals surface area contributed by atoms with E-state index in [1.54, 1.807) is 6.26 Å². The molecule has 4 heteroatoms. The Morgan fingerprint density at radius 3 is 2.50 bits per heavy atom. The molecule has 0 radical (unpaired) electrons. The SMILES string of the molecule is Cc1cc2occ(CC(=O)NCC(c3ccccc3)N(C)C)c2cc1C(C)C. The van der Waals surface area contributed by atoms with Crippen molar-refractivity contribution in [2.24, 2.45) is 0 Å². The normalized spacial score (nSPS) is 12.7. The first-order chi connectivity index (χ1) is 13.4. The highest BCUT2D eigenvalue weighted by atomic mass is 16.3. The second-order valence-corrected chi connectivity index (χ2v) is 7.99. The summed E-state index contributed by atoms with van der Waals surface area (Å²) in [5.74, 6) is 0.449. The number of carbonyl (C=O) groups is 1. The van der Waals surface area contributed by atoms with Crippen LogP contribution in [0.2, 0.25) is 0 Å². The van der Waals surface area contributed by atoms with E-state index in [1.165, 1.54) is 16.7 Å².